The van der Waals surface area contributed by atoms with Gasteiger partial charge in [0.05, 0.1) is 11.6 Å². The third-order valence-corrected chi connectivity index (χ3v) is 5.58. The number of hydrogen-bond donors (Lipinski definition) is 0. The molecule has 0 N–H and O–H groups in total. The second-order valence-corrected chi connectivity index (χ2v) is 7.33. The quantitative estimate of drug-likeness (QED) is 0.822. The van der Waals surface area contributed by atoms with Gasteiger partial charge in [0, 0.05) is 43.8 Å². The van der Waals surface area contributed by atoms with E-state index in [0.29, 0.717) is 38.2 Å². The molecule has 1 aromatic rings. The Morgan fingerprint density at radius 1 is 1.28 bits per heavy atom. The number of anilines is 1. The molecule has 25 heavy (non-hydrogen) atoms. The van der Waals surface area contributed by atoms with E-state index in [1.807, 2.05) is 17.0 Å². The lowest BCUT2D eigenvalue weighted by atomic mass is 9.86. The van der Waals surface area contributed by atoms with Crippen molar-refractivity contribution >= 4 is 17.5 Å². The van der Waals surface area contributed by atoms with Crippen LogP contribution in [0.1, 0.15) is 31.2 Å². The van der Waals surface area contributed by atoms with Crippen molar-refractivity contribution in [3.05, 3.63) is 29.8 Å². The zero-order chi connectivity index (χ0) is 17.4. The molecule has 1 aromatic carbocycles. The van der Waals surface area contributed by atoms with Gasteiger partial charge >= 0.3 is 0 Å². The molecule has 2 atom stereocenters. The molecule has 4 rings (SSSR count). The van der Waals surface area contributed by atoms with Crippen LogP contribution in [-0.2, 0) is 14.3 Å². The monoisotopic (exact) mass is 339 g/mol. The summed E-state index contributed by atoms with van der Waals surface area (Å²) in [4.78, 5) is 28.8. The molecule has 130 valence electrons. The van der Waals surface area contributed by atoms with E-state index in [4.69, 9.17) is 10.00 Å². The van der Waals surface area contributed by atoms with Crippen LogP contribution in [0.2, 0.25) is 0 Å². The topological polar surface area (TPSA) is 73.6 Å². The molecule has 3 heterocycles. The Labute approximate surface area is 147 Å². The number of ether oxygens (including phenoxy) is 1. The van der Waals surface area contributed by atoms with Crippen LogP contribution < -0.4 is 4.90 Å². The molecule has 3 saturated heterocycles. The molecule has 6 heteroatoms. The van der Waals surface area contributed by atoms with Crippen molar-refractivity contribution in [3.63, 3.8) is 0 Å². The number of carbonyl (C=O) groups excluding carboxylic acids is 2. The first-order valence-corrected chi connectivity index (χ1v) is 8.81. The number of likely N-dealkylation sites (tertiary alicyclic amines) is 1. The standard InChI is InChI=1S/C19H21N3O3/c20-11-14-3-5-15(6-4-14)22-13-19(10-17(22)23)7-8-21(12-19)18(24)16-2-1-9-25-16/h3-6,16H,1-2,7-10,12-13H2/t16-,19?/m0/s1. The molecule has 3 fully saturated rings. The van der Waals surface area contributed by atoms with Gasteiger partial charge in [-0.25, -0.2) is 0 Å². The number of nitriles is 1. The fourth-order valence-electron chi connectivity index (χ4n) is 4.22. The molecule has 3 aliphatic heterocycles. The first kappa shape index (κ1) is 16.1. The number of hydrogen-bond acceptors (Lipinski definition) is 4. The summed E-state index contributed by atoms with van der Waals surface area (Å²) >= 11 is 0. The van der Waals surface area contributed by atoms with E-state index in [2.05, 4.69) is 6.07 Å². The zero-order valence-electron chi connectivity index (χ0n) is 14.1. The second kappa shape index (κ2) is 6.16. The van der Waals surface area contributed by atoms with Crippen molar-refractivity contribution in [2.75, 3.05) is 31.1 Å². The van der Waals surface area contributed by atoms with Crippen LogP contribution in [0.4, 0.5) is 5.69 Å². The summed E-state index contributed by atoms with van der Waals surface area (Å²) in [5, 5.41) is 8.91. The van der Waals surface area contributed by atoms with Gasteiger partial charge in [-0.1, -0.05) is 0 Å². The smallest absolute Gasteiger partial charge is 0.251 e. The molecule has 6 nitrogen and oxygen atoms in total. The van der Waals surface area contributed by atoms with E-state index in [-0.39, 0.29) is 23.3 Å². The summed E-state index contributed by atoms with van der Waals surface area (Å²) in [7, 11) is 0. The Hall–Kier alpha value is -2.39. The first-order chi connectivity index (χ1) is 12.1. The van der Waals surface area contributed by atoms with Crippen LogP contribution in [0.3, 0.4) is 0 Å². The number of benzene rings is 1. The van der Waals surface area contributed by atoms with Crippen LogP contribution in [-0.4, -0.2) is 49.1 Å². The number of rotatable bonds is 2. The molecule has 0 aromatic heterocycles. The molecule has 3 aliphatic rings. The molecule has 0 radical (unpaired) electrons. The number of carbonyl (C=O) groups is 2. The Morgan fingerprint density at radius 2 is 2.08 bits per heavy atom. The van der Waals surface area contributed by atoms with Gasteiger partial charge < -0.3 is 14.5 Å². The van der Waals surface area contributed by atoms with E-state index in [1.54, 1.807) is 17.0 Å². The highest BCUT2D eigenvalue weighted by molar-refractivity contribution is 5.96. The predicted molar refractivity (Wildman–Crippen MR) is 90.7 cm³/mol. The van der Waals surface area contributed by atoms with Gasteiger partial charge in [0.15, 0.2) is 0 Å². The van der Waals surface area contributed by atoms with Crippen molar-refractivity contribution in [1.29, 1.82) is 5.26 Å². The summed E-state index contributed by atoms with van der Waals surface area (Å²) in [5.74, 6) is 0.176. The van der Waals surface area contributed by atoms with Crippen LogP contribution in [0, 0.1) is 16.7 Å². The zero-order valence-corrected chi connectivity index (χ0v) is 14.1. The maximum atomic E-state index is 12.6. The normalized spacial score (nSPS) is 28.8. The lowest BCUT2D eigenvalue weighted by Crippen LogP contribution is -2.39. The van der Waals surface area contributed by atoms with Crippen LogP contribution >= 0.6 is 0 Å². The minimum absolute atomic E-state index is 0.0821. The maximum absolute atomic E-state index is 12.6. The van der Waals surface area contributed by atoms with Gasteiger partial charge in [-0.15, -0.1) is 0 Å². The predicted octanol–water partition coefficient (Wildman–Crippen LogP) is 1.69. The molecule has 0 saturated carbocycles. The first-order valence-electron chi connectivity index (χ1n) is 8.81. The second-order valence-electron chi connectivity index (χ2n) is 7.33. The molecule has 1 unspecified atom stereocenters. The summed E-state index contributed by atoms with van der Waals surface area (Å²) < 4.78 is 5.52. The lowest BCUT2D eigenvalue weighted by molar-refractivity contribution is -0.140. The van der Waals surface area contributed by atoms with E-state index in [9.17, 15) is 9.59 Å². The van der Waals surface area contributed by atoms with Gasteiger partial charge in [0.1, 0.15) is 6.10 Å². The lowest BCUT2D eigenvalue weighted by Gasteiger charge is -2.25. The highest BCUT2D eigenvalue weighted by Crippen LogP contribution is 2.42. The molecule has 0 aliphatic carbocycles. The SMILES string of the molecule is N#Cc1ccc(N2CC3(CCN(C(=O)[C@@H]4CCCO4)C3)CC2=O)cc1. The fraction of sp³-hybridized carbons (Fsp3) is 0.526. The van der Waals surface area contributed by atoms with E-state index < -0.39 is 0 Å². The van der Waals surface area contributed by atoms with Crippen molar-refractivity contribution in [3.8, 4) is 6.07 Å². The average molecular weight is 339 g/mol. The molecule has 2 amide bonds. The average Bonchev–Trinajstić information content (AvgIpc) is 3.36. The largest absolute Gasteiger partial charge is 0.368 e. The van der Waals surface area contributed by atoms with Crippen molar-refractivity contribution < 1.29 is 14.3 Å². The van der Waals surface area contributed by atoms with Crippen molar-refractivity contribution in [2.24, 2.45) is 5.41 Å². The summed E-state index contributed by atoms with van der Waals surface area (Å²) in [6.45, 7) is 2.63. The van der Waals surface area contributed by atoms with E-state index in [1.165, 1.54) is 0 Å². The molecular weight excluding hydrogens is 318 g/mol. The van der Waals surface area contributed by atoms with Gasteiger partial charge in [0.25, 0.3) is 5.91 Å². The van der Waals surface area contributed by atoms with E-state index in [0.717, 1.165) is 24.9 Å². The van der Waals surface area contributed by atoms with E-state index >= 15 is 0 Å². The summed E-state index contributed by atoms with van der Waals surface area (Å²) in [6.07, 6.45) is 2.78. The highest BCUT2D eigenvalue weighted by atomic mass is 16.5. The number of nitrogens with zero attached hydrogens (tertiary/aromatic N) is 3. The van der Waals surface area contributed by atoms with Crippen LogP contribution in [0.5, 0.6) is 0 Å². The van der Waals surface area contributed by atoms with Gasteiger partial charge in [-0.2, -0.15) is 5.26 Å². The highest BCUT2D eigenvalue weighted by Gasteiger charge is 2.49. The fourth-order valence-corrected chi connectivity index (χ4v) is 4.22. The molecule has 0 bridgehead atoms. The third kappa shape index (κ3) is 2.89. The van der Waals surface area contributed by atoms with Crippen LogP contribution in [0.25, 0.3) is 0 Å². The Morgan fingerprint density at radius 3 is 2.76 bits per heavy atom. The van der Waals surface area contributed by atoms with Crippen molar-refractivity contribution in [1.82, 2.24) is 4.90 Å². The minimum atomic E-state index is -0.290. The molecule has 1 spiro atoms. The summed E-state index contributed by atoms with van der Waals surface area (Å²) in [5.41, 5.74) is 1.25. The Balaban J connectivity index is 1.46. The van der Waals surface area contributed by atoms with Crippen LogP contribution in [0.15, 0.2) is 24.3 Å². The Bertz CT molecular complexity index is 733. The van der Waals surface area contributed by atoms with Gasteiger partial charge in [0.2, 0.25) is 5.91 Å². The summed E-state index contributed by atoms with van der Waals surface area (Å²) in [6, 6.07) is 9.19. The number of amides is 2. The minimum Gasteiger partial charge on any atom is -0.368 e. The molecular formula is C19H21N3O3. The van der Waals surface area contributed by atoms with Gasteiger partial charge in [-0.05, 0) is 43.5 Å². The van der Waals surface area contributed by atoms with Gasteiger partial charge in [-0.3, -0.25) is 9.59 Å². The maximum Gasteiger partial charge on any atom is 0.251 e. The van der Waals surface area contributed by atoms with Crippen molar-refractivity contribution in [2.45, 2.75) is 31.8 Å². The Kier molecular flexibility index (Phi) is 3.97. The third-order valence-electron chi connectivity index (χ3n) is 5.58.